The summed E-state index contributed by atoms with van der Waals surface area (Å²) < 4.78 is 6.99. The van der Waals surface area contributed by atoms with Gasteiger partial charge in [-0.25, -0.2) is 4.68 Å². The van der Waals surface area contributed by atoms with Crippen molar-refractivity contribution in [2.75, 3.05) is 12.4 Å². The van der Waals surface area contributed by atoms with E-state index in [1.165, 1.54) is 0 Å². The summed E-state index contributed by atoms with van der Waals surface area (Å²) in [6, 6.07) is 13.1. The second-order valence-electron chi connectivity index (χ2n) is 6.75. The molecule has 0 bridgehead atoms. The second kappa shape index (κ2) is 7.08. The van der Waals surface area contributed by atoms with Gasteiger partial charge in [0.05, 0.1) is 30.3 Å². The van der Waals surface area contributed by atoms with Crippen LogP contribution in [-0.4, -0.2) is 22.8 Å². The molecule has 5 nitrogen and oxygen atoms in total. The van der Waals surface area contributed by atoms with Gasteiger partial charge in [-0.3, -0.25) is 4.79 Å². The van der Waals surface area contributed by atoms with E-state index in [2.05, 4.69) is 10.4 Å². The van der Waals surface area contributed by atoms with Crippen LogP contribution in [0.4, 0.5) is 5.69 Å². The number of aromatic nitrogens is 2. The Balaban J connectivity index is 1.65. The van der Waals surface area contributed by atoms with Gasteiger partial charge in [0, 0.05) is 16.6 Å². The van der Waals surface area contributed by atoms with E-state index in [9.17, 15) is 4.79 Å². The molecule has 0 saturated heterocycles. The molecule has 138 valence electrons. The van der Waals surface area contributed by atoms with Crippen molar-refractivity contribution in [3.05, 3.63) is 70.5 Å². The van der Waals surface area contributed by atoms with Gasteiger partial charge in [0.2, 0.25) is 0 Å². The number of aryl methyl sites for hydroxylation is 1. The Morgan fingerprint density at radius 1 is 1.22 bits per heavy atom. The van der Waals surface area contributed by atoms with Gasteiger partial charge >= 0.3 is 0 Å². The van der Waals surface area contributed by atoms with Gasteiger partial charge in [-0.15, -0.1) is 0 Å². The number of nitrogens with one attached hydrogen (secondary N) is 1. The molecule has 1 saturated carbocycles. The van der Waals surface area contributed by atoms with Gasteiger partial charge in [0.1, 0.15) is 5.75 Å². The van der Waals surface area contributed by atoms with E-state index in [1.807, 2.05) is 54.1 Å². The average molecular weight is 382 g/mol. The van der Waals surface area contributed by atoms with Crippen LogP contribution >= 0.6 is 11.6 Å². The van der Waals surface area contributed by atoms with Gasteiger partial charge < -0.3 is 10.1 Å². The van der Waals surface area contributed by atoms with Gasteiger partial charge in [-0.05, 0) is 61.7 Å². The number of rotatable bonds is 5. The molecule has 1 amide bonds. The molecular weight excluding hydrogens is 362 g/mol. The Labute approximate surface area is 162 Å². The van der Waals surface area contributed by atoms with Crippen molar-refractivity contribution < 1.29 is 9.53 Å². The number of amides is 1. The number of nitrogens with zero attached hydrogens (tertiary/aromatic N) is 2. The molecule has 4 rings (SSSR count). The monoisotopic (exact) mass is 381 g/mol. The molecule has 0 atom stereocenters. The van der Waals surface area contributed by atoms with Crippen LogP contribution in [0.5, 0.6) is 5.75 Å². The minimum absolute atomic E-state index is 0.161. The third-order valence-electron chi connectivity index (χ3n) is 4.76. The number of halogens is 1. The highest BCUT2D eigenvalue weighted by atomic mass is 35.5. The zero-order valence-electron chi connectivity index (χ0n) is 15.2. The highest BCUT2D eigenvalue weighted by molar-refractivity contribution is 6.31. The van der Waals surface area contributed by atoms with Crippen molar-refractivity contribution in [3.63, 3.8) is 0 Å². The van der Waals surface area contributed by atoms with Gasteiger partial charge in [-0.1, -0.05) is 17.7 Å². The number of methoxy groups -OCH3 is 1. The molecule has 3 aromatic rings. The van der Waals surface area contributed by atoms with Gasteiger partial charge in [-0.2, -0.15) is 5.10 Å². The van der Waals surface area contributed by atoms with Crippen molar-refractivity contribution in [1.82, 2.24) is 9.78 Å². The summed E-state index contributed by atoms with van der Waals surface area (Å²) in [6.45, 7) is 1.96. The van der Waals surface area contributed by atoms with Crippen LogP contribution in [0.25, 0.3) is 5.69 Å². The number of hydrogen-bond donors (Lipinski definition) is 1. The summed E-state index contributed by atoms with van der Waals surface area (Å²) >= 11 is 6.28. The molecule has 1 aromatic heterocycles. The Morgan fingerprint density at radius 2 is 1.96 bits per heavy atom. The predicted molar refractivity (Wildman–Crippen MR) is 106 cm³/mol. The molecule has 0 aliphatic heterocycles. The van der Waals surface area contributed by atoms with Crippen molar-refractivity contribution in [2.45, 2.75) is 25.7 Å². The number of anilines is 1. The second-order valence-corrected chi connectivity index (χ2v) is 7.15. The average Bonchev–Trinajstić information content (AvgIpc) is 3.42. The van der Waals surface area contributed by atoms with Crippen molar-refractivity contribution in [2.24, 2.45) is 0 Å². The van der Waals surface area contributed by atoms with E-state index in [0.717, 1.165) is 35.5 Å². The molecule has 0 unspecified atom stereocenters. The maximum absolute atomic E-state index is 12.9. The van der Waals surface area contributed by atoms with E-state index in [-0.39, 0.29) is 5.91 Å². The normalized spacial score (nSPS) is 13.4. The summed E-state index contributed by atoms with van der Waals surface area (Å²) in [6.07, 6.45) is 3.77. The van der Waals surface area contributed by atoms with Crippen molar-refractivity contribution >= 4 is 23.2 Å². The van der Waals surface area contributed by atoms with E-state index < -0.39 is 0 Å². The summed E-state index contributed by atoms with van der Waals surface area (Å²) in [5, 5.41) is 8.12. The maximum Gasteiger partial charge on any atom is 0.259 e. The molecule has 1 N–H and O–H groups in total. The molecule has 1 aliphatic rings. The number of benzene rings is 2. The standard InChI is InChI=1S/C21H20ClN3O2/c1-13-3-8-16(11-19(13)22)25-20(14-4-5-14)18(12-23-25)21(26)24-15-6-9-17(27-2)10-7-15/h3,6-12,14H,4-5H2,1-2H3,(H,24,26). The highest BCUT2D eigenvalue weighted by Crippen LogP contribution is 2.42. The van der Waals surface area contributed by atoms with Crippen LogP contribution in [0.3, 0.4) is 0 Å². The Morgan fingerprint density at radius 3 is 2.59 bits per heavy atom. The molecule has 6 heteroatoms. The fourth-order valence-corrected chi connectivity index (χ4v) is 3.25. The van der Waals surface area contributed by atoms with Crippen LogP contribution < -0.4 is 10.1 Å². The maximum atomic E-state index is 12.9. The Bertz CT molecular complexity index is 991. The fraction of sp³-hybridized carbons (Fsp3) is 0.238. The molecule has 0 spiro atoms. The molecule has 0 radical (unpaired) electrons. The minimum atomic E-state index is -0.161. The highest BCUT2D eigenvalue weighted by Gasteiger charge is 2.33. The summed E-state index contributed by atoms with van der Waals surface area (Å²) in [5.74, 6) is 0.937. The number of carbonyl (C=O) groups is 1. The molecule has 1 fully saturated rings. The Kier molecular flexibility index (Phi) is 4.62. The lowest BCUT2D eigenvalue weighted by Crippen LogP contribution is -2.14. The van der Waals surface area contributed by atoms with E-state index >= 15 is 0 Å². The molecule has 1 heterocycles. The molecule has 1 aliphatic carbocycles. The number of carbonyl (C=O) groups excluding carboxylic acids is 1. The van der Waals surface area contributed by atoms with Crippen LogP contribution in [0.2, 0.25) is 5.02 Å². The van der Waals surface area contributed by atoms with Crippen LogP contribution in [0.15, 0.2) is 48.7 Å². The zero-order valence-corrected chi connectivity index (χ0v) is 16.0. The smallest absolute Gasteiger partial charge is 0.259 e. The number of hydrogen-bond acceptors (Lipinski definition) is 3. The summed E-state index contributed by atoms with van der Waals surface area (Å²) in [4.78, 5) is 12.9. The van der Waals surface area contributed by atoms with E-state index in [4.69, 9.17) is 16.3 Å². The first-order chi connectivity index (χ1) is 13.1. The quantitative estimate of drug-likeness (QED) is 0.678. The summed E-state index contributed by atoms with van der Waals surface area (Å²) in [7, 11) is 1.61. The fourth-order valence-electron chi connectivity index (χ4n) is 3.07. The van der Waals surface area contributed by atoms with E-state index in [1.54, 1.807) is 13.3 Å². The summed E-state index contributed by atoms with van der Waals surface area (Å²) in [5.41, 5.74) is 4.15. The first kappa shape index (κ1) is 17.6. The van der Waals surface area contributed by atoms with Gasteiger partial charge in [0.25, 0.3) is 5.91 Å². The van der Waals surface area contributed by atoms with Crippen molar-refractivity contribution in [3.8, 4) is 11.4 Å². The molecule has 27 heavy (non-hydrogen) atoms. The van der Waals surface area contributed by atoms with Crippen LogP contribution in [-0.2, 0) is 0 Å². The zero-order chi connectivity index (χ0) is 19.0. The topological polar surface area (TPSA) is 56.1 Å². The van der Waals surface area contributed by atoms with Crippen LogP contribution in [0.1, 0.15) is 40.4 Å². The lowest BCUT2D eigenvalue weighted by Gasteiger charge is -2.11. The third kappa shape index (κ3) is 3.55. The number of ether oxygens (including phenoxy) is 1. The molecule has 2 aromatic carbocycles. The van der Waals surface area contributed by atoms with Crippen LogP contribution in [0, 0.1) is 6.92 Å². The first-order valence-electron chi connectivity index (χ1n) is 8.86. The molecular formula is C21H20ClN3O2. The van der Waals surface area contributed by atoms with Gasteiger partial charge in [0.15, 0.2) is 0 Å². The lowest BCUT2D eigenvalue weighted by atomic mass is 10.1. The van der Waals surface area contributed by atoms with E-state index in [0.29, 0.717) is 22.2 Å². The predicted octanol–water partition coefficient (Wildman–Crippen LogP) is 4.97. The lowest BCUT2D eigenvalue weighted by molar-refractivity contribution is 0.102. The third-order valence-corrected chi connectivity index (χ3v) is 5.17. The minimum Gasteiger partial charge on any atom is -0.497 e. The van der Waals surface area contributed by atoms with Crippen molar-refractivity contribution in [1.29, 1.82) is 0 Å². The SMILES string of the molecule is COc1ccc(NC(=O)c2cnn(-c3ccc(C)c(Cl)c3)c2C2CC2)cc1. The first-order valence-corrected chi connectivity index (χ1v) is 9.24. The largest absolute Gasteiger partial charge is 0.497 e. The Hall–Kier alpha value is -2.79.